The van der Waals surface area contributed by atoms with E-state index in [4.69, 9.17) is 17.3 Å². The number of anilines is 1. The van der Waals surface area contributed by atoms with Crippen molar-refractivity contribution in [3.8, 4) is 5.75 Å². The van der Waals surface area contributed by atoms with Crippen LogP contribution in [0.3, 0.4) is 0 Å². The molecule has 32 heavy (non-hydrogen) atoms. The summed E-state index contributed by atoms with van der Waals surface area (Å²) in [5.41, 5.74) is 6.12. The lowest BCUT2D eigenvalue weighted by atomic mass is 9.86. The first-order valence-electron chi connectivity index (χ1n) is 10.2. The Balaban J connectivity index is 1.58. The number of H-pyrrole nitrogens is 1. The van der Waals surface area contributed by atoms with Crippen LogP contribution < -0.4 is 21.5 Å². The second-order valence-electron chi connectivity index (χ2n) is 7.91. The van der Waals surface area contributed by atoms with Gasteiger partial charge in [-0.1, -0.05) is 11.6 Å². The minimum absolute atomic E-state index is 0.0875. The smallest absolute Gasteiger partial charge is 0.405 e. The van der Waals surface area contributed by atoms with Crippen molar-refractivity contribution in [2.75, 3.05) is 11.9 Å². The number of rotatable bonds is 6. The molecule has 0 radical (unpaired) electrons. The SMILES string of the molecule is N[C@H]1CC[C@@H](CNc2ncc3[nH]c(=O)n(Cc4cc(Cl)ccc4OC(F)(F)F)c3n2)CC1. The predicted molar refractivity (Wildman–Crippen MR) is 114 cm³/mol. The van der Waals surface area contributed by atoms with Gasteiger partial charge in [-0.2, -0.15) is 4.98 Å². The van der Waals surface area contributed by atoms with Crippen LogP contribution in [0.1, 0.15) is 31.2 Å². The van der Waals surface area contributed by atoms with Gasteiger partial charge in [-0.3, -0.25) is 4.57 Å². The molecule has 0 spiro atoms. The molecule has 2 aromatic heterocycles. The normalized spacial score (nSPS) is 19.3. The summed E-state index contributed by atoms with van der Waals surface area (Å²) in [6, 6.07) is 3.98. The monoisotopic (exact) mass is 470 g/mol. The van der Waals surface area contributed by atoms with Gasteiger partial charge in [0, 0.05) is 23.2 Å². The third-order valence-electron chi connectivity index (χ3n) is 5.53. The zero-order valence-corrected chi connectivity index (χ0v) is 17.7. The summed E-state index contributed by atoms with van der Waals surface area (Å²) in [6.45, 7) is 0.451. The summed E-state index contributed by atoms with van der Waals surface area (Å²) in [5, 5.41) is 3.40. The van der Waals surface area contributed by atoms with Crippen molar-refractivity contribution >= 4 is 28.7 Å². The lowest BCUT2D eigenvalue weighted by molar-refractivity contribution is -0.274. The topological polar surface area (TPSA) is 111 Å². The first-order valence-corrected chi connectivity index (χ1v) is 10.5. The van der Waals surface area contributed by atoms with E-state index in [0.29, 0.717) is 23.9 Å². The summed E-state index contributed by atoms with van der Waals surface area (Å²) >= 11 is 5.96. The number of aromatic nitrogens is 4. The number of alkyl halides is 3. The number of ether oxygens (including phenoxy) is 1. The quantitative estimate of drug-likeness (QED) is 0.507. The van der Waals surface area contributed by atoms with Crippen LogP contribution in [0.25, 0.3) is 11.2 Å². The number of nitrogens with one attached hydrogen (secondary N) is 2. The van der Waals surface area contributed by atoms with Gasteiger partial charge >= 0.3 is 12.1 Å². The Kier molecular flexibility index (Phi) is 6.29. The number of fused-ring (bicyclic) bond motifs is 1. The number of hydrogen-bond donors (Lipinski definition) is 3. The summed E-state index contributed by atoms with van der Waals surface area (Å²) < 4.78 is 43.6. The summed E-state index contributed by atoms with van der Waals surface area (Å²) in [6.07, 6.45) is 0.571. The Labute approximate surface area is 185 Å². The molecule has 2 heterocycles. The molecule has 0 atom stereocenters. The Hall–Kier alpha value is -2.79. The van der Waals surface area contributed by atoms with E-state index in [9.17, 15) is 18.0 Å². The number of imidazole rings is 1. The van der Waals surface area contributed by atoms with Gasteiger partial charge in [0.15, 0.2) is 5.65 Å². The third-order valence-corrected chi connectivity index (χ3v) is 5.76. The maximum absolute atomic E-state index is 12.8. The van der Waals surface area contributed by atoms with E-state index >= 15 is 0 Å². The van der Waals surface area contributed by atoms with Gasteiger partial charge in [-0.25, -0.2) is 9.78 Å². The minimum atomic E-state index is -4.88. The number of halogens is 4. The molecule has 1 fully saturated rings. The van der Waals surface area contributed by atoms with Crippen molar-refractivity contribution in [3.63, 3.8) is 0 Å². The van der Waals surface area contributed by atoms with E-state index in [0.717, 1.165) is 31.7 Å². The molecule has 0 amide bonds. The highest BCUT2D eigenvalue weighted by atomic mass is 35.5. The number of aromatic amines is 1. The standard InChI is InChI=1S/C20H22ClF3N6O2/c21-13-3-6-16(32-20(22,23)24)12(7-13)10-30-17-15(28-19(30)31)9-27-18(29-17)26-8-11-1-4-14(25)5-2-11/h3,6-7,9,11,14H,1-2,4-5,8,10,25H2,(H,28,31)(H,26,27,29)/t11-,14+. The average Bonchev–Trinajstić information content (AvgIpc) is 3.03. The van der Waals surface area contributed by atoms with Crippen molar-refractivity contribution in [3.05, 3.63) is 45.5 Å². The Morgan fingerprint density at radius 1 is 1.28 bits per heavy atom. The highest BCUT2D eigenvalue weighted by molar-refractivity contribution is 6.30. The highest BCUT2D eigenvalue weighted by Crippen LogP contribution is 2.29. The van der Waals surface area contributed by atoms with Gasteiger partial charge < -0.3 is 20.8 Å². The molecule has 4 rings (SSSR count). The molecule has 1 aliphatic rings. The Bertz CT molecular complexity index is 1150. The van der Waals surface area contributed by atoms with Crippen LogP contribution in [0, 0.1) is 5.92 Å². The van der Waals surface area contributed by atoms with Crippen molar-refractivity contribution in [1.82, 2.24) is 19.5 Å². The van der Waals surface area contributed by atoms with Crippen LogP contribution in [0.4, 0.5) is 19.1 Å². The molecule has 0 bridgehead atoms. The second-order valence-corrected chi connectivity index (χ2v) is 8.35. The first-order chi connectivity index (χ1) is 15.2. The fourth-order valence-corrected chi connectivity index (χ4v) is 4.07. The van der Waals surface area contributed by atoms with Crippen molar-refractivity contribution < 1.29 is 17.9 Å². The molecule has 0 aliphatic heterocycles. The van der Waals surface area contributed by atoms with Gasteiger partial charge in [-0.15, -0.1) is 13.2 Å². The van der Waals surface area contributed by atoms with Gasteiger partial charge in [0.05, 0.1) is 12.7 Å². The van der Waals surface area contributed by atoms with E-state index in [-0.39, 0.29) is 28.8 Å². The molecule has 3 aromatic rings. The van der Waals surface area contributed by atoms with Crippen LogP contribution in [0.2, 0.25) is 5.02 Å². The number of nitrogens with zero attached hydrogens (tertiary/aromatic N) is 3. The molecular formula is C20H22ClF3N6O2. The maximum Gasteiger partial charge on any atom is 0.573 e. The largest absolute Gasteiger partial charge is 0.573 e. The van der Waals surface area contributed by atoms with Crippen LogP contribution >= 0.6 is 11.6 Å². The molecule has 172 valence electrons. The van der Waals surface area contributed by atoms with E-state index in [1.54, 1.807) is 0 Å². The van der Waals surface area contributed by atoms with Gasteiger partial charge in [0.25, 0.3) is 0 Å². The zero-order chi connectivity index (χ0) is 22.9. The zero-order valence-electron chi connectivity index (χ0n) is 17.0. The van der Waals surface area contributed by atoms with Crippen molar-refractivity contribution in [2.24, 2.45) is 11.7 Å². The summed E-state index contributed by atoms with van der Waals surface area (Å²) in [7, 11) is 0. The van der Waals surface area contributed by atoms with Crippen LogP contribution in [0.5, 0.6) is 5.75 Å². The average molecular weight is 471 g/mol. The molecule has 12 heteroatoms. The van der Waals surface area contributed by atoms with E-state index in [2.05, 4.69) is 25.0 Å². The molecule has 1 aliphatic carbocycles. The Morgan fingerprint density at radius 2 is 2.03 bits per heavy atom. The second kappa shape index (κ2) is 8.99. The van der Waals surface area contributed by atoms with Crippen molar-refractivity contribution in [1.29, 1.82) is 0 Å². The lowest BCUT2D eigenvalue weighted by Crippen LogP contribution is -2.29. The summed E-state index contributed by atoms with van der Waals surface area (Å²) in [4.78, 5) is 23.7. The number of benzene rings is 1. The lowest BCUT2D eigenvalue weighted by Gasteiger charge is -2.26. The fourth-order valence-electron chi connectivity index (χ4n) is 3.87. The van der Waals surface area contributed by atoms with Crippen LogP contribution in [-0.4, -0.2) is 38.5 Å². The Morgan fingerprint density at radius 3 is 2.75 bits per heavy atom. The molecule has 1 aromatic carbocycles. The molecular weight excluding hydrogens is 449 g/mol. The summed E-state index contributed by atoms with van der Waals surface area (Å²) in [5.74, 6) is 0.347. The molecule has 0 saturated heterocycles. The predicted octanol–water partition coefficient (Wildman–Crippen LogP) is 3.65. The van der Waals surface area contributed by atoms with Crippen LogP contribution in [0.15, 0.2) is 29.2 Å². The number of nitrogens with two attached hydrogens (primary N) is 1. The number of hydrogen-bond acceptors (Lipinski definition) is 6. The first kappa shape index (κ1) is 22.4. The van der Waals surface area contributed by atoms with Crippen molar-refractivity contribution in [2.45, 2.75) is 44.6 Å². The maximum atomic E-state index is 12.8. The van der Waals surface area contributed by atoms with Gasteiger partial charge in [-0.05, 0) is 49.8 Å². The fraction of sp³-hybridized carbons (Fsp3) is 0.450. The molecule has 4 N–H and O–H groups in total. The minimum Gasteiger partial charge on any atom is -0.405 e. The van der Waals surface area contributed by atoms with Gasteiger partial charge in [0.2, 0.25) is 5.95 Å². The molecule has 1 saturated carbocycles. The van der Waals surface area contributed by atoms with E-state index in [1.807, 2.05) is 0 Å². The van der Waals surface area contributed by atoms with E-state index < -0.39 is 17.8 Å². The van der Waals surface area contributed by atoms with E-state index in [1.165, 1.54) is 22.9 Å². The van der Waals surface area contributed by atoms with Crippen LogP contribution in [-0.2, 0) is 6.54 Å². The molecule has 8 nitrogen and oxygen atoms in total. The highest BCUT2D eigenvalue weighted by Gasteiger charge is 2.32. The third kappa shape index (κ3) is 5.33. The molecule has 0 unspecified atom stereocenters. The van der Waals surface area contributed by atoms with Gasteiger partial charge in [0.1, 0.15) is 11.3 Å².